The van der Waals surface area contributed by atoms with E-state index in [4.69, 9.17) is 0 Å². The minimum Gasteiger partial charge on any atom is -0.357 e. The molecule has 0 aliphatic carbocycles. The quantitative estimate of drug-likeness (QED) is 0.370. The number of nitrogens with one attached hydrogen (secondary N) is 2. The number of hydrogen-bond donors (Lipinski definition) is 2. The van der Waals surface area contributed by atoms with Crippen LogP contribution in [-0.2, 0) is 6.54 Å². The maximum Gasteiger partial charge on any atom is 0.191 e. The van der Waals surface area contributed by atoms with Crippen LogP contribution in [0.3, 0.4) is 0 Å². The van der Waals surface area contributed by atoms with Crippen molar-refractivity contribution >= 4 is 17.3 Å². The van der Waals surface area contributed by atoms with Gasteiger partial charge in [-0.2, -0.15) is 0 Å². The first kappa shape index (κ1) is 19.9. The molecule has 132 valence electrons. The van der Waals surface area contributed by atoms with Crippen LogP contribution in [0, 0.1) is 6.92 Å². The van der Waals surface area contributed by atoms with Gasteiger partial charge in [0, 0.05) is 24.2 Å². The Morgan fingerprint density at radius 2 is 1.91 bits per heavy atom. The van der Waals surface area contributed by atoms with Crippen LogP contribution in [0.2, 0.25) is 0 Å². The Morgan fingerprint density at radius 1 is 1.17 bits per heavy atom. The highest BCUT2D eigenvalue weighted by Crippen LogP contribution is 2.11. The minimum atomic E-state index is 0.651. The number of nitrogens with zero attached hydrogens (tertiary/aromatic N) is 3. The van der Waals surface area contributed by atoms with E-state index in [1.807, 2.05) is 6.20 Å². The average molecular weight is 340 g/mol. The van der Waals surface area contributed by atoms with Crippen LogP contribution in [-0.4, -0.2) is 49.6 Å². The van der Waals surface area contributed by atoms with Gasteiger partial charge < -0.3 is 15.5 Å². The SMILES string of the molecule is CCNC(=NCc1ncc(C)s1)NCCCCCCCN(C)C. The van der Waals surface area contributed by atoms with E-state index in [-0.39, 0.29) is 0 Å². The summed E-state index contributed by atoms with van der Waals surface area (Å²) >= 11 is 1.71. The molecular weight excluding hydrogens is 306 g/mol. The van der Waals surface area contributed by atoms with Crippen molar-refractivity contribution in [2.24, 2.45) is 4.99 Å². The molecule has 0 spiro atoms. The summed E-state index contributed by atoms with van der Waals surface area (Å²) in [6.07, 6.45) is 8.34. The van der Waals surface area contributed by atoms with E-state index in [2.05, 4.69) is 53.5 Å². The number of guanidine groups is 1. The standard InChI is InChI=1S/C17H33N5S/c1-5-18-17(21-14-16-20-13-15(2)23-16)19-11-9-7-6-8-10-12-22(3)4/h13H,5-12,14H2,1-4H3,(H2,18,19,21). The molecule has 0 fully saturated rings. The van der Waals surface area contributed by atoms with Crippen molar-refractivity contribution in [1.82, 2.24) is 20.5 Å². The Hall–Kier alpha value is -1.14. The van der Waals surface area contributed by atoms with E-state index in [1.54, 1.807) is 11.3 Å². The lowest BCUT2D eigenvalue weighted by molar-refractivity contribution is 0.389. The molecule has 23 heavy (non-hydrogen) atoms. The Balaban J connectivity index is 2.15. The fourth-order valence-corrected chi connectivity index (χ4v) is 2.96. The monoisotopic (exact) mass is 339 g/mol. The van der Waals surface area contributed by atoms with Gasteiger partial charge in [0.1, 0.15) is 5.01 Å². The van der Waals surface area contributed by atoms with E-state index in [0.29, 0.717) is 6.54 Å². The van der Waals surface area contributed by atoms with Gasteiger partial charge in [-0.15, -0.1) is 11.3 Å². The molecule has 0 saturated heterocycles. The van der Waals surface area contributed by atoms with Crippen LogP contribution in [0.15, 0.2) is 11.2 Å². The topological polar surface area (TPSA) is 52.6 Å². The lowest BCUT2D eigenvalue weighted by Crippen LogP contribution is -2.37. The smallest absolute Gasteiger partial charge is 0.191 e. The fourth-order valence-electron chi connectivity index (χ4n) is 2.25. The fraction of sp³-hybridized carbons (Fsp3) is 0.765. The van der Waals surface area contributed by atoms with Gasteiger partial charge in [-0.3, -0.25) is 0 Å². The summed E-state index contributed by atoms with van der Waals surface area (Å²) in [5, 5.41) is 7.78. The van der Waals surface area contributed by atoms with Crippen molar-refractivity contribution in [3.63, 3.8) is 0 Å². The first-order valence-electron chi connectivity index (χ1n) is 8.70. The second-order valence-corrected chi connectivity index (χ2v) is 7.38. The van der Waals surface area contributed by atoms with Gasteiger partial charge in [0.2, 0.25) is 0 Å². The molecular formula is C17H33N5S. The Morgan fingerprint density at radius 3 is 2.57 bits per heavy atom. The zero-order valence-electron chi connectivity index (χ0n) is 15.2. The summed E-state index contributed by atoms with van der Waals surface area (Å²) in [5.74, 6) is 0.896. The molecule has 6 heteroatoms. The van der Waals surface area contributed by atoms with Gasteiger partial charge in [0.15, 0.2) is 5.96 Å². The van der Waals surface area contributed by atoms with Gasteiger partial charge in [0.25, 0.3) is 0 Å². The van der Waals surface area contributed by atoms with Crippen molar-refractivity contribution in [3.05, 3.63) is 16.1 Å². The molecule has 1 aromatic rings. The number of aliphatic imine (C=N–C) groups is 1. The van der Waals surface area contributed by atoms with Gasteiger partial charge in [-0.05, 0) is 47.3 Å². The highest BCUT2D eigenvalue weighted by Gasteiger charge is 2.00. The van der Waals surface area contributed by atoms with Gasteiger partial charge in [0.05, 0.1) is 6.54 Å². The molecule has 0 atom stereocenters. The van der Waals surface area contributed by atoms with Gasteiger partial charge >= 0.3 is 0 Å². The molecule has 0 unspecified atom stereocenters. The van der Waals surface area contributed by atoms with Crippen LogP contribution in [0.1, 0.15) is 48.9 Å². The third-order valence-corrected chi connectivity index (χ3v) is 4.36. The van der Waals surface area contributed by atoms with Crippen LogP contribution in [0.25, 0.3) is 0 Å². The summed E-state index contributed by atoms with van der Waals surface area (Å²) in [6.45, 7) is 7.89. The maximum absolute atomic E-state index is 4.60. The summed E-state index contributed by atoms with van der Waals surface area (Å²) < 4.78 is 0. The number of aryl methyl sites for hydroxylation is 1. The van der Waals surface area contributed by atoms with Crippen molar-refractivity contribution in [2.75, 3.05) is 33.7 Å². The zero-order chi connectivity index (χ0) is 16.9. The lowest BCUT2D eigenvalue weighted by atomic mass is 10.1. The summed E-state index contributed by atoms with van der Waals surface area (Å²) in [7, 11) is 4.27. The highest BCUT2D eigenvalue weighted by molar-refractivity contribution is 7.11. The molecule has 1 rings (SSSR count). The minimum absolute atomic E-state index is 0.651. The van der Waals surface area contributed by atoms with Crippen LogP contribution in [0.4, 0.5) is 0 Å². The number of aromatic nitrogens is 1. The number of thiazole rings is 1. The number of rotatable bonds is 11. The van der Waals surface area contributed by atoms with Gasteiger partial charge in [-0.25, -0.2) is 9.98 Å². The van der Waals surface area contributed by atoms with Gasteiger partial charge in [-0.1, -0.05) is 19.3 Å². The zero-order valence-corrected chi connectivity index (χ0v) is 16.0. The number of unbranched alkanes of at least 4 members (excludes halogenated alkanes) is 4. The normalized spacial score (nSPS) is 12.0. The predicted octanol–water partition coefficient (Wildman–Crippen LogP) is 3.02. The van der Waals surface area contributed by atoms with Crippen LogP contribution in [0.5, 0.6) is 0 Å². The van der Waals surface area contributed by atoms with Crippen molar-refractivity contribution in [3.8, 4) is 0 Å². The summed E-state index contributed by atoms with van der Waals surface area (Å²) in [5.41, 5.74) is 0. The third-order valence-electron chi connectivity index (χ3n) is 3.46. The Kier molecular flexibility index (Phi) is 10.6. The van der Waals surface area contributed by atoms with Crippen molar-refractivity contribution in [1.29, 1.82) is 0 Å². The predicted molar refractivity (Wildman–Crippen MR) is 101 cm³/mol. The van der Waals surface area contributed by atoms with Crippen molar-refractivity contribution in [2.45, 2.75) is 52.5 Å². The molecule has 0 amide bonds. The van der Waals surface area contributed by atoms with E-state index < -0.39 is 0 Å². The molecule has 0 bridgehead atoms. The second kappa shape index (κ2) is 12.3. The second-order valence-electron chi connectivity index (χ2n) is 6.06. The van der Waals surface area contributed by atoms with Crippen molar-refractivity contribution < 1.29 is 0 Å². The molecule has 0 saturated carbocycles. The molecule has 1 heterocycles. The summed E-state index contributed by atoms with van der Waals surface area (Å²) in [4.78, 5) is 12.4. The highest BCUT2D eigenvalue weighted by atomic mass is 32.1. The number of hydrogen-bond acceptors (Lipinski definition) is 4. The molecule has 0 radical (unpaired) electrons. The molecule has 0 aliphatic heterocycles. The Labute approximate surface area is 145 Å². The first-order valence-corrected chi connectivity index (χ1v) is 9.51. The van der Waals surface area contributed by atoms with E-state index in [1.165, 1.54) is 43.5 Å². The largest absolute Gasteiger partial charge is 0.357 e. The molecule has 1 aromatic heterocycles. The Bertz CT molecular complexity index is 442. The van der Waals surface area contributed by atoms with E-state index >= 15 is 0 Å². The molecule has 5 nitrogen and oxygen atoms in total. The van der Waals surface area contributed by atoms with E-state index in [9.17, 15) is 0 Å². The maximum atomic E-state index is 4.60. The molecule has 0 aliphatic rings. The summed E-state index contributed by atoms with van der Waals surface area (Å²) in [6, 6.07) is 0. The van der Waals surface area contributed by atoms with Crippen LogP contribution >= 0.6 is 11.3 Å². The lowest BCUT2D eigenvalue weighted by Gasteiger charge is -2.11. The molecule has 0 aromatic carbocycles. The van der Waals surface area contributed by atoms with E-state index in [0.717, 1.165) is 24.1 Å². The first-order chi connectivity index (χ1) is 11.1. The average Bonchev–Trinajstić information content (AvgIpc) is 2.92. The molecule has 2 N–H and O–H groups in total. The third kappa shape index (κ3) is 10.3. The van der Waals surface area contributed by atoms with Crippen LogP contribution < -0.4 is 10.6 Å².